The zero-order valence-electron chi connectivity index (χ0n) is 16.9. The molecule has 0 aliphatic heterocycles. The van der Waals surface area contributed by atoms with Gasteiger partial charge in [0.2, 0.25) is 0 Å². The summed E-state index contributed by atoms with van der Waals surface area (Å²) in [7, 11) is -2.72. The molecule has 144 valence electrons. The van der Waals surface area contributed by atoms with Crippen molar-refractivity contribution in [3.8, 4) is 0 Å². The number of benzene rings is 2. The molecule has 3 heteroatoms. The van der Waals surface area contributed by atoms with Gasteiger partial charge in [-0.1, -0.05) is 107 Å². The molecule has 2 aromatic carbocycles. The van der Waals surface area contributed by atoms with Gasteiger partial charge in [0.05, 0.1) is 0 Å². The Morgan fingerprint density at radius 2 is 1.52 bits per heavy atom. The highest BCUT2D eigenvalue weighted by Crippen LogP contribution is 2.26. The number of carbonyl (C=O) groups excluding carboxylic acids is 1. The third kappa shape index (κ3) is 5.42. The normalized spacial score (nSPS) is 12.4. The van der Waals surface area contributed by atoms with Crippen molar-refractivity contribution in [1.82, 2.24) is 0 Å². The molecular weight excluding hydrogens is 348 g/mol. The molecule has 0 radical (unpaired) electrons. The van der Waals surface area contributed by atoms with Crippen LogP contribution in [0.25, 0.3) is 0 Å². The maximum Gasteiger partial charge on any atom is 0.320 e. The molecule has 0 aliphatic carbocycles. The molecule has 0 saturated carbocycles. The summed E-state index contributed by atoms with van der Waals surface area (Å²) in [5.41, 5.74) is 0.459. The van der Waals surface area contributed by atoms with Crippen LogP contribution in [0.15, 0.2) is 72.8 Å². The van der Waals surface area contributed by atoms with Gasteiger partial charge in [-0.3, -0.25) is 0 Å². The van der Waals surface area contributed by atoms with Gasteiger partial charge in [0, 0.05) is 5.57 Å². The van der Waals surface area contributed by atoms with Crippen LogP contribution in [0.2, 0.25) is 6.04 Å². The van der Waals surface area contributed by atoms with Gasteiger partial charge in [-0.2, -0.15) is 0 Å². The summed E-state index contributed by atoms with van der Waals surface area (Å²) in [6.07, 6.45) is 4.67. The molecule has 0 aliphatic rings. The van der Waals surface area contributed by atoms with Crippen LogP contribution in [0.1, 0.15) is 46.5 Å². The molecule has 0 amide bonds. The third-order valence-corrected chi connectivity index (χ3v) is 9.43. The average Bonchev–Trinajstić information content (AvgIpc) is 2.71. The SMILES string of the molecule is C=C(C)C(=O)O[Si](CC(CC)CCCC)(c1ccccc1)c1ccccc1. The van der Waals surface area contributed by atoms with E-state index >= 15 is 0 Å². The molecule has 0 N–H and O–H groups in total. The van der Waals surface area contributed by atoms with Gasteiger partial charge >= 0.3 is 14.3 Å². The topological polar surface area (TPSA) is 26.3 Å². The lowest BCUT2D eigenvalue weighted by molar-refractivity contribution is -0.130. The van der Waals surface area contributed by atoms with Gasteiger partial charge in [0.25, 0.3) is 0 Å². The smallest absolute Gasteiger partial charge is 0.320 e. The molecule has 2 rings (SSSR count). The van der Waals surface area contributed by atoms with Gasteiger partial charge in [-0.25, -0.2) is 4.79 Å². The van der Waals surface area contributed by atoms with Crippen LogP contribution in [0.3, 0.4) is 0 Å². The van der Waals surface area contributed by atoms with Crippen molar-refractivity contribution in [3.63, 3.8) is 0 Å². The Kier molecular flexibility index (Phi) is 8.05. The second kappa shape index (κ2) is 10.3. The lowest BCUT2D eigenvalue weighted by atomic mass is 10.0. The van der Waals surface area contributed by atoms with Crippen molar-refractivity contribution in [1.29, 1.82) is 0 Å². The second-order valence-corrected chi connectivity index (χ2v) is 10.8. The Labute approximate surface area is 165 Å². The van der Waals surface area contributed by atoms with Crippen molar-refractivity contribution in [2.45, 2.75) is 52.5 Å². The van der Waals surface area contributed by atoms with Crippen LogP contribution in [0.5, 0.6) is 0 Å². The van der Waals surface area contributed by atoms with Crippen molar-refractivity contribution >= 4 is 24.7 Å². The molecule has 0 aromatic heterocycles. The van der Waals surface area contributed by atoms with Gasteiger partial charge in [-0.05, 0) is 29.3 Å². The molecule has 0 fully saturated rings. The molecule has 0 saturated heterocycles. The van der Waals surface area contributed by atoms with Crippen LogP contribution in [-0.4, -0.2) is 14.3 Å². The van der Waals surface area contributed by atoms with Crippen molar-refractivity contribution in [2.75, 3.05) is 0 Å². The Morgan fingerprint density at radius 1 is 1.00 bits per heavy atom. The number of unbranched alkanes of at least 4 members (excludes halogenated alkanes) is 1. The van der Waals surface area contributed by atoms with E-state index in [4.69, 9.17) is 4.43 Å². The fourth-order valence-electron chi connectivity index (χ4n) is 3.57. The zero-order chi connectivity index (χ0) is 19.7. The number of hydrogen-bond acceptors (Lipinski definition) is 2. The van der Waals surface area contributed by atoms with E-state index in [9.17, 15) is 4.79 Å². The Bertz CT molecular complexity index is 685. The highest BCUT2D eigenvalue weighted by Gasteiger charge is 2.44. The maximum atomic E-state index is 12.7. The zero-order valence-corrected chi connectivity index (χ0v) is 17.9. The van der Waals surface area contributed by atoms with Crippen LogP contribution in [-0.2, 0) is 9.22 Å². The molecule has 0 heterocycles. The summed E-state index contributed by atoms with van der Waals surface area (Å²) < 4.78 is 6.38. The lowest BCUT2D eigenvalue weighted by Gasteiger charge is -2.35. The molecule has 2 aromatic rings. The largest absolute Gasteiger partial charge is 0.507 e. The Hall–Kier alpha value is -2.13. The van der Waals surface area contributed by atoms with Crippen LogP contribution < -0.4 is 10.4 Å². The number of rotatable bonds is 10. The number of hydrogen-bond donors (Lipinski definition) is 0. The first-order valence-corrected chi connectivity index (χ1v) is 12.1. The molecule has 1 unspecified atom stereocenters. The summed E-state index contributed by atoms with van der Waals surface area (Å²) in [6, 6.07) is 21.6. The monoisotopic (exact) mass is 380 g/mol. The van der Waals surface area contributed by atoms with Gasteiger partial charge in [0.1, 0.15) is 0 Å². The summed E-state index contributed by atoms with van der Waals surface area (Å²) in [5.74, 6) is 0.259. The van der Waals surface area contributed by atoms with Crippen LogP contribution in [0, 0.1) is 5.92 Å². The maximum absolute atomic E-state index is 12.7. The van der Waals surface area contributed by atoms with E-state index in [0.717, 1.165) is 22.8 Å². The highest BCUT2D eigenvalue weighted by molar-refractivity contribution is 6.98. The molecule has 1 atom stereocenters. The third-order valence-electron chi connectivity index (χ3n) is 5.22. The minimum absolute atomic E-state index is 0.278. The van der Waals surface area contributed by atoms with Crippen molar-refractivity contribution in [3.05, 3.63) is 72.8 Å². The quantitative estimate of drug-likeness (QED) is 0.424. The van der Waals surface area contributed by atoms with E-state index in [1.807, 2.05) is 36.4 Å². The molecule has 2 nitrogen and oxygen atoms in total. The molecular formula is C24H32O2Si. The predicted octanol–water partition coefficient (Wildman–Crippen LogP) is 5.08. The molecule has 0 bridgehead atoms. The van der Waals surface area contributed by atoms with Crippen LogP contribution >= 0.6 is 0 Å². The van der Waals surface area contributed by atoms with Crippen molar-refractivity contribution in [2.24, 2.45) is 5.92 Å². The first-order valence-electron chi connectivity index (χ1n) is 10.0. The Balaban J connectivity index is 2.58. The van der Waals surface area contributed by atoms with Gasteiger partial charge < -0.3 is 4.43 Å². The molecule has 27 heavy (non-hydrogen) atoms. The summed E-state index contributed by atoms with van der Waals surface area (Å²) in [6.45, 7) is 10.0. The Morgan fingerprint density at radius 3 is 1.93 bits per heavy atom. The second-order valence-electron chi connectivity index (χ2n) is 7.35. The molecule has 0 spiro atoms. The van der Waals surface area contributed by atoms with Gasteiger partial charge in [-0.15, -0.1) is 0 Å². The highest BCUT2D eigenvalue weighted by atomic mass is 28.4. The van der Waals surface area contributed by atoms with E-state index < -0.39 is 8.32 Å². The van der Waals surface area contributed by atoms with E-state index in [-0.39, 0.29) is 5.97 Å². The first-order chi connectivity index (χ1) is 13.0. The van der Waals surface area contributed by atoms with E-state index in [1.165, 1.54) is 19.3 Å². The standard InChI is InChI=1S/C24H32O2Si/c1-5-7-14-21(6-2)19-27(26-24(25)20(3)4,22-15-10-8-11-16-22)23-17-12-9-13-18-23/h8-13,15-18,21H,3,5-7,14,19H2,1-2,4H3. The van der Waals surface area contributed by atoms with Crippen LogP contribution in [0.4, 0.5) is 0 Å². The number of carbonyl (C=O) groups is 1. The summed E-state index contributed by atoms with van der Waals surface area (Å²) in [5, 5.41) is 2.31. The van der Waals surface area contributed by atoms with E-state index in [0.29, 0.717) is 11.5 Å². The summed E-state index contributed by atoms with van der Waals surface area (Å²) >= 11 is 0. The fraction of sp³-hybridized carbons (Fsp3) is 0.375. The van der Waals surface area contributed by atoms with Crippen molar-refractivity contribution < 1.29 is 9.22 Å². The first kappa shape index (κ1) is 21.2. The summed E-state index contributed by atoms with van der Waals surface area (Å²) in [4.78, 5) is 12.7. The minimum Gasteiger partial charge on any atom is -0.507 e. The van der Waals surface area contributed by atoms with E-state index in [1.54, 1.807) is 6.92 Å². The predicted molar refractivity (Wildman–Crippen MR) is 117 cm³/mol. The van der Waals surface area contributed by atoms with E-state index in [2.05, 4.69) is 44.7 Å². The fourth-order valence-corrected chi connectivity index (χ4v) is 7.95. The minimum atomic E-state index is -2.72. The van der Waals surface area contributed by atoms with Gasteiger partial charge in [0.15, 0.2) is 0 Å². The lowest BCUT2D eigenvalue weighted by Crippen LogP contribution is -2.62. The average molecular weight is 381 g/mol.